The number of benzene rings is 2. The Balaban J connectivity index is 1.93. The van der Waals surface area contributed by atoms with Gasteiger partial charge in [-0.1, -0.05) is 50.2 Å². The molecule has 10 heteroatoms. The van der Waals surface area contributed by atoms with Crippen LogP contribution >= 0.6 is 0 Å². The zero-order chi connectivity index (χ0) is 26.1. The monoisotopic (exact) mass is 490 g/mol. The summed E-state index contributed by atoms with van der Waals surface area (Å²) in [5.74, 6) is -7.18. The number of carbonyl (C=O) groups excluding carboxylic acids is 2. The van der Waals surface area contributed by atoms with Gasteiger partial charge >= 0.3 is 5.97 Å². The van der Waals surface area contributed by atoms with Crippen molar-refractivity contribution in [3.63, 3.8) is 0 Å². The number of carbonyl (C=O) groups is 3. The van der Waals surface area contributed by atoms with E-state index in [1.54, 1.807) is 30.3 Å². The van der Waals surface area contributed by atoms with Gasteiger partial charge in [-0.2, -0.15) is 0 Å². The summed E-state index contributed by atoms with van der Waals surface area (Å²) in [6.07, 6.45) is -2.05. The van der Waals surface area contributed by atoms with E-state index in [0.29, 0.717) is 10.5 Å². The van der Waals surface area contributed by atoms with Crippen molar-refractivity contribution in [1.29, 1.82) is 0 Å². The number of aliphatic hydroxyl groups excluding tert-OH is 1. The van der Waals surface area contributed by atoms with E-state index in [1.807, 2.05) is 0 Å². The average Bonchev–Trinajstić information content (AvgIpc) is 2.98. The number of alkyl halides is 2. The number of nitrogens with one attached hydrogen (secondary N) is 1. The van der Waals surface area contributed by atoms with Crippen LogP contribution in [0.25, 0.3) is 0 Å². The van der Waals surface area contributed by atoms with Crippen LogP contribution in [0.4, 0.5) is 8.78 Å². The van der Waals surface area contributed by atoms with Crippen LogP contribution in [-0.4, -0.2) is 68.7 Å². The molecule has 2 amide bonds. The first-order valence-corrected chi connectivity index (χ1v) is 11.0. The highest BCUT2D eigenvalue weighted by molar-refractivity contribution is 5.97. The SMILES string of the molecule is Cc1c(O)cccc1C(=O)NC(Cc1ccccc1)[C@H](O)C(=O)N1CC(F)(F)C(C)(C)[C@H]1C(=O)O. The van der Waals surface area contributed by atoms with E-state index in [-0.39, 0.29) is 23.3 Å². The van der Waals surface area contributed by atoms with Gasteiger partial charge in [0.2, 0.25) is 0 Å². The van der Waals surface area contributed by atoms with Gasteiger partial charge in [-0.25, -0.2) is 13.6 Å². The zero-order valence-corrected chi connectivity index (χ0v) is 19.5. The van der Waals surface area contributed by atoms with Crippen molar-refractivity contribution in [2.75, 3.05) is 6.54 Å². The van der Waals surface area contributed by atoms with Gasteiger partial charge < -0.3 is 25.5 Å². The van der Waals surface area contributed by atoms with Crippen molar-refractivity contribution in [3.05, 3.63) is 65.2 Å². The number of likely N-dealkylation sites (tertiary alicyclic amines) is 1. The summed E-state index contributed by atoms with van der Waals surface area (Å²) in [6, 6.07) is 9.73. The fourth-order valence-electron chi connectivity index (χ4n) is 4.31. The number of aliphatic carboxylic acids is 1. The molecule has 4 N–H and O–H groups in total. The fraction of sp³-hybridized carbons (Fsp3) is 0.400. The number of rotatable bonds is 7. The molecular formula is C25H28F2N2O6. The minimum absolute atomic E-state index is 0.0390. The third kappa shape index (κ3) is 4.97. The number of phenols is 1. The first kappa shape index (κ1) is 26.1. The molecule has 1 heterocycles. The van der Waals surface area contributed by atoms with E-state index in [0.717, 1.165) is 13.8 Å². The lowest BCUT2D eigenvalue weighted by atomic mass is 9.81. The van der Waals surface area contributed by atoms with Crippen LogP contribution in [0.5, 0.6) is 5.75 Å². The van der Waals surface area contributed by atoms with Crippen LogP contribution in [0.15, 0.2) is 48.5 Å². The molecule has 3 atom stereocenters. The van der Waals surface area contributed by atoms with Crippen molar-refractivity contribution >= 4 is 17.8 Å². The Morgan fingerprint density at radius 3 is 2.34 bits per heavy atom. The van der Waals surface area contributed by atoms with Crippen LogP contribution in [0.3, 0.4) is 0 Å². The normalized spacial score (nSPS) is 20.2. The first-order valence-electron chi connectivity index (χ1n) is 11.0. The highest BCUT2D eigenvalue weighted by atomic mass is 19.3. The minimum atomic E-state index is -3.51. The van der Waals surface area contributed by atoms with Crippen LogP contribution in [0.1, 0.15) is 35.3 Å². The van der Waals surface area contributed by atoms with Crippen LogP contribution in [0, 0.1) is 12.3 Å². The predicted octanol–water partition coefficient (Wildman–Crippen LogP) is 2.36. The molecule has 0 saturated carbocycles. The standard InChI is InChI=1S/C25H28F2N2O6/c1-14-16(10-7-11-18(14)30)21(32)28-17(12-15-8-5-4-6-9-15)19(31)22(33)29-13-25(26,27)24(2,3)20(29)23(34)35/h4-11,17,19-20,30-31H,12-13H2,1-3H3,(H,28,32)(H,34,35)/t17?,19-,20+/m0/s1. The van der Waals surface area contributed by atoms with Gasteiger partial charge in [0.1, 0.15) is 11.8 Å². The second-order valence-corrected chi connectivity index (χ2v) is 9.30. The maximum atomic E-state index is 14.6. The van der Waals surface area contributed by atoms with E-state index < -0.39 is 53.9 Å². The molecule has 35 heavy (non-hydrogen) atoms. The Morgan fingerprint density at radius 1 is 1.11 bits per heavy atom. The minimum Gasteiger partial charge on any atom is -0.508 e. The number of aliphatic hydroxyl groups is 1. The van der Waals surface area contributed by atoms with Gasteiger partial charge in [-0.15, -0.1) is 0 Å². The van der Waals surface area contributed by atoms with Gasteiger partial charge in [0.15, 0.2) is 6.10 Å². The Kier molecular flexibility index (Phi) is 7.16. The van der Waals surface area contributed by atoms with Crippen LogP contribution in [0.2, 0.25) is 0 Å². The summed E-state index contributed by atoms with van der Waals surface area (Å²) in [6.45, 7) is 2.45. The molecule has 0 spiro atoms. The molecule has 0 bridgehead atoms. The summed E-state index contributed by atoms with van der Waals surface area (Å²) >= 11 is 0. The molecule has 0 aliphatic carbocycles. The molecule has 2 aromatic rings. The molecule has 1 aliphatic heterocycles. The third-order valence-electron chi connectivity index (χ3n) is 6.62. The van der Waals surface area contributed by atoms with E-state index in [1.165, 1.54) is 25.1 Å². The molecular weight excluding hydrogens is 462 g/mol. The zero-order valence-electron chi connectivity index (χ0n) is 19.5. The largest absolute Gasteiger partial charge is 0.508 e. The third-order valence-corrected chi connectivity index (χ3v) is 6.62. The van der Waals surface area contributed by atoms with Crippen LogP contribution in [-0.2, 0) is 16.0 Å². The topological polar surface area (TPSA) is 127 Å². The lowest BCUT2D eigenvalue weighted by Crippen LogP contribution is -2.56. The van der Waals surface area contributed by atoms with E-state index >= 15 is 0 Å². The molecule has 188 valence electrons. The Labute approximate surface area is 201 Å². The number of amides is 2. The molecule has 0 aromatic heterocycles. The lowest BCUT2D eigenvalue weighted by Gasteiger charge is -2.32. The van der Waals surface area contributed by atoms with Crippen molar-refractivity contribution in [2.45, 2.75) is 51.3 Å². The highest BCUT2D eigenvalue weighted by Crippen LogP contribution is 2.48. The quantitative estimate of drug-likeness (QED) is 0.472. The summed E-state index contributed by atoms with van der Waals surface area (Å²) in [7, 11) is 0. The van der Waals surface area contributed by atoms with Crippen molar-refractivity contribution in [2.24, 2.45) is 5.41 Å². The van der Waals surface area contributed by atoms with Crippen molar-refractivity contribution in [1.82, 2.24) is 10.2 Å². The Morgan fingerprint density at radius 2 is 1.74 bits per heavy atom. The number of nitrogens with zero attached hydrogens (tertiary/aromatic N) is 1. The number of carboxylic acids is 1. The molecule has 1 fully saturated rings. The second-order valence-electron chi connectivity index (χ2n) is 9.30. The fourth-order valence-corrected chi connectivity index (χ4v) is 4.31. The first-order chi connectivity index (χ1) is 16.3. The van der Waals surface area contributed by atoms with Gasteiger partial charge in [-0.3, -0.25) is 9.59 Å². The molecule has 8 nitrogen and oxygen atoms in total. The number of aromatic hydroxyl groups is 1. The molecule has 3 rings (SSSR count). The number of halogens is 2. The molecule has 1 aliphatic rings. The van der Waals surface area contributed by atoms with Crippen molar-refractivity contribution < 1.29 is 38.5 Å². The number of hydrogen-bond acceptors (Lipinski definition) is 5. The maximum absolute atomic E-state index is 14.6. The van der Waals surface area contributed by atoms with Crippen LogP contribution < -0.4 is 5.32 Å². The second kappa shape index (κ2) is 9.61. The van der Waals surface area contributed by atoms with E-state index in [9.17, 15) is 38.5 Å². The summed E-state index contributed by atoms with van der Waals surface area (Å²) in [5, 5.41) is 33.0. The average molecular weight is 491 g/mol. The number of phenolic OH excluding ortho intramolecular Hbond substituents is 1. The molecule has 2 aromatic carbocycles. The van der Waals surface area contributed by atoms with Crippen molar-refractivity contribution in [3.8, 4) is 5.75 Å². The van der Waals surface area contributed by atoms with E-state index in [4.69, 9.17) is 0 Å². The molecule has 1 unspecified atom stereocenters. The van der Waals surface area contributed by atoms with Gasteiger partial charge in [0.25, 0.3) is 17.7 Å². The molecule has 0 radical (unpaired) electrons. The highest BCUT2D eigenvalue weighted by Gasteiger charge is 2.65. The summed E-state index contributed by atoms with van der Waals surface area (Å²) < 4.78 is 29.3. The molecule has 1 saturated heterocycles. The smallest absolute Gasteiger partial charge is 0.327 e. The number of carboxylic acid groups (broad SMARTS) is 1. The number of hydrogen-bond donors (Lipinski definition) is 4. The van der Waals surface area contributed by atoms with Gasteiger partial charge in [-0.05, 0) is 31.0 Å². The Bertz CT molecular complexity index is 1120. The maximum Gasteiger partial charge on any atom is 0.327 e. The lowest BCUT2D eigenvalue weighted by molar-refractivity contribution is -0.156. The Hall–Kier alpha value is -3.53. The van der Waals surface area contributed by atoms with Gasteiger partial charge in [0.05, 0.1) is 18.0 Å². The predicted molar refractivity (Wildman–Crippen MR) is 122 cm³/mol. The summed E-state index contributed by atoms with van der Waals surface area (Å²) in [5.41, 5.74) is -1.07. The summed E-state index contributed by atoms with van der Waals surface area (Å²) in [4.78, 5) is 38.5. The van der Waals surface area contributed by atoms with Gasteiger partial charge in [0, 0.05) is 11.1 Å². The van der Waals surface area contributed by atoms with E-state index in [2.05, 4.69) is 5.32 Å².